The molecule has 0 bridgehead atoms. The number of hydrogen-bond acceptors (Lipinski definition) is 6. The van der Waals surface area contributed by atoms with Gasteiger partial charge >= 0.3 is 10.4 Å². The van der Waals surface area contributed by atoms with Gasteiger partial charge in [0.15, 0.2) is 5.78 Å². The molecule has 0 aliphatic carbocycles. The van der Waals surface area contributed by atoms with E-state index in [1.807, 2.05) is 40.1 Å². The lowest BCUT2D eigenvalue weighted by molar-refractivity contribution is -0.112. The molecule has 1 aromatic heterocycles. The van der Waals surface area contributed by atoms with Crippen LogP contribution in [0.1, 0.15) is 26.5 Å². The van der Waals surface area contributed by atoms with Crippen molar-refractivity contribution in [2.45, 2.75) is 27.7 Å². The number of carbonyl (C=O) groups is 1. The number of aryl methyl sites for hydroxylation is 2. The van der Waals surface area contributed by atoms with Crippen LogP contribution in [0.4, 0.5) is 0 Å². The van der Waals surface area contributed by atoms with E-state index in [0.29, 0.717) is 6.61 Å². The van der Waals surface area contributed by atoms with Crippen molar-refractivity contribution < 1.29 is 27.1 Å². The molecule has 0 saturated heterocycles. The van der Waals surface area contributed by atoms with Gasteiger partial charge in [-0.15, -0.1) is 0 Å². The van der Waals surface area contributed by atoms with Gasteiger partial charge in [-0.05, 0) is 33.4 Å². The van der Waals surface area contributed by atoms with Crippen LogP contribution in [0.3, 0.4) is 0 Å². The van der Waals surface area contributed by atoms with Gasteiger partial charge in [-0.1, -0.05) is 6.92 Å². The van der Waals surface area contributed by atoms with Crippen LogP contribution in [-0.4, -0.2) is 46.2 Å². The molecule has 4 N–H and O–H groups in total. The summed E-state index contributed by atoms with van der Waals surface area (Å²) in [6, 6.07) is 1.97. The van der Waals surface area contributed by atoms with Crippen LogP contribution in [0.25, 0.3) is 0 Å². The molecule has 0 aliphatic heterocycles. The third-order valence-corrected chi connectivity index (χ3v) is 1.41. The smallest absolute Gasteiger partial charge is 0.394 e. The van der Waals surface area contributed by atoms with E-state index in [1.54, 1.807) is 4.68 Å². The highest BCUT2D eigenvalue weighted by molar-refractivity contribution is 7.79. The average molecular weight is 353 g/mol. The zero-order chi connectivity index (χ0) is 18.9. The monoisotopic (exact) mass is 353 g/mol. The molecule has 0 radical (unpaired) electrons. The summed E-state index contributed by atoms with van der Waals surface area (Å²) in [5.41, 5.74) is 5.92. The number of aromatic nitrogens is 2. The minimum atomic E-state index is -4.67. The molecule has 9 nitrogen and oxygen atoms in total. The van der Waals surface area contributed by atoms with Crippen LogP contribution in [0.2, 0.25) is 0 Å². The number of nitrogens with zero attached hydrogens (tertiary/aromatic N) is 2. The summed E-state index contributed by atoms with van der Waals surface area (Å²) >= 11 is 0. The fourth-order valence-corrected chi connectivity index (χ4v) is 0.771. The molecule has 0 atom stereocenters. The van der Waals surface area contributed by atoms with E-state index in [1.165, 1.54) is 19.3 Å². The molecule has 0 spiro atoms. The number of carbonyl (C=O) groups excluding carboxylic acids is 1. The molecule has 23 heavy (non-hydrogen) atoms. The summed E-state index contributed by atoms with van der Waals surface area (Å²) in [6.07, 6.45) is 4.72. The second-order valence-electron chi connectivity index (χ2n) is 3.86. The first-order valence-corrected chi connectivity index (χ1v) is 8.02. The number of allylic oxidation sites excluding steroid dienone is 1. The average Bonchev–Trinajstić information content (AvgIpc) is 2.73. The highest BCUT2D eigenvalue weighted by Gasteiger charge is 1.84. The van der Waals surface area contributed by atoms with Crippen molar-refractivity contribution in [2.75, 3.05) is 13.2 Å². The second-order valence-corrected chi connectivity index (χ2v) is 4.75. The Morgan fingerprint density at radius 2 is 1.87 bits per heavy atom. The molecule has 136 valence electrons. The summed E-state index contributed by atoms with van der Waals surface area (Å²) in [5, 5.41) is 4.03. The maximum absolute atomic E-state index is 10.2. The molecule has 0 aromatic carbocycles. The number of nitrogens with two attached hydrogens (primary N) is 1. The van der Waals surface area contributed by atoms with E-state index in [-0.39, 0.29) is 5.78 Å². The third-order valence-electron chi connectivity index (χ3n) is 1.41. The van der Waals surface area contributed by atoms with Crippen LogP contribution in [0.15, 0.2) is 24.6 Å². The molecule has 0 saturated carbocycles. The maximum Gasteiger partial charge on any atom is 0.394 e. The van der Waals surface area contributed by atoms with Crippen LogP contribution in [-0.2, 0) is 27.0 Å². The topological polar surface area (TPSA) is 145 Å². The molecule has 0 unspecified atom stereocenters. The number of ether oxygens (including phenoxy) is 1. The van der Waals surface area contributed by atoms with Gasteiger partial charge in [-0.25, -0.2) is 0 Å². The van der Waals surface area contributed by atoms with Crippen molar-refractivity contribution in [1.29, 1.82) is 0 Å². The minimum absolute atomic E-state index is 0.0125. The van der Waals surface area contributed by atoms with E-state index >= 15 is 0 Å². The van der Waals surface area contributed by atoms with Gasteiger partial charge in [-0.3, -0.25) is 18.6 Å². The molecular weight excluding hydrogens is 326 g/mol. The Morgan fingerprint density at radius 1 is 1.43 bits per heavy atom. The van der Waals surface area contributed by atoms with Gasteiger partial charge in [0.2, 0.25) is 0 Å². The Balaban J connectivity index is -0.000000245. The Labute approximate surface area is 137 Å². The molecule has 1 heterocycles. The van der Waals surface area contributed by atoms with Crippen molar-refractivity contribution >= 4 is 16.2 Å². The maximum atomic E-state index is 10.2. The molecular formula is C13H27N3O6S. The first-order chi connectivity index (χ1) is 10.5. The fraction of sp³-hybridized carbons (Fsp3) is 0.538. The first kappa shape index (κ1) is 26.2. The SMILES string of the molecule is CCN.CCO/C=C/C(C)=O.Cc1ccn(C)n1.O=S(=O)(O)O. The zero-order valence-electron chi connectivity index (χ0n) is 14.1. The molecule has 1 aromatic rings. The standard InChI is InChI=1S/C6H10O2.C5H8N2.C2H7N.H2O4S/c1-3-8-5-4-6(2)7;1-5-3-4-7(2)6-5;1-2-3;1-5(2,3)4/h4-5H,3H2,1-2H3;3-4H,1-2H3;2-3H2,1H3;(H2,1,2,3,4)/b5-4+;;;. The van der Waals surface area contributed by atoms with Crippen molar-refractivity contribution in [3.63, 3.8) is 0 Å². The van der Waals surface area contributed by atoms with Crippen LogP contribution >= 0.6 is 0 Å². The van der Waals surface area contributed by atoms with Crippen LogP contribution in [0.5, 0.6) is 0 Å². The molecule has 0 fully saturated rings. The summed E-state index contributed by atoms with van der Waals surface area (Å²) in [6.45, 7) is 8.59. The minimum Gasteiger partial charge on any atom is -0.501 e. The van der Waals surface area contributed by atoms with Crippen LogP contribution in [0, 0.1) is 6.92 Å². The van der Waals surface area contributed by atoms with E-state index in [0.717, 1.165) is 12.2 Å². The normalized spacial score (nSPS) is 9.57. The lowest BCUT2D eigenvalue weighted by atomic mass is 10.4. The Bertz CT molecular complexity index is 501. The Kier molecular flexibility index (Phi) is 18.9. The summed E-state index contributed by atoms with van der Waals surface area (Å²) < 4.78 is 38.1. The fourth-order valence-electron chi connectivity index (χ4n) is 0.771. The summed E-state index contributed by atoms with van der Waals surface area (Å²) in [4.78, 5) is 10.2. The molecule has 10 heteroatoms. The number of rotatable bonds is 3. The summed E-state index contributed by atoms with van der Waals surface area (Å²) in [7, 11) is -2.76. The number of hydrogen-bond donors (Lipinski definition) is 3. The molecule has 1 rings (SSSR count). The van der Waals surface area contributed by atoms with Gasteiger partial charge in [0.25, 0.3) is 0 Å². The number of ketones is 1. The predicted octanol–water partition coefficient (Wildman–Crippen LogP) is 1.17. The van der Waals surface area contributed by atoms with Gasteiger partial charge in [0.1, 0.15) is 0 Å². The van der Waals surface area contributed by atoms with Crippen molar-refractivity contribution in [2.24, 2.45) is 12.8 Å². The quantitative estimate of drug-likeness (QED) is 0.417. The van der Waals surface area contributed by atoms with E-state index in [2.05, 4.69) is 5.10 Å². The molecule has 0 aliphatic rings. The van der Waals surface area contributed by atoms with Gasteiger partial charge in [-0.2, -0.15) is 13.5 Å². The van der Waals surface area contributed by atoms with Gasteiger partial charge in [0, 0.05) is 19.3 Å². The van der Waals surface area contributed by atoms with E-state index in [9.17, 15) is 4.79 Å². The van der Waals surface area contributed by atoms with Crippen LogP contribution < -0.4 is 5.73 Å². The largest absolute Gasteiger partial charge is 0.501 e. The highest BCUT2D eigenvalue weighted by atomic mass is 32.3. The van der Waals surface area contributed by atoms with Gasteiger partial charge < -0.3 is 10.5 Å². The second kappa shape index (κ2) is 16.6. The highest BCUT2D eigenvalue weighted by Crippen LogP contribution is 1.86. The third kappa shape index (κ3) is 44.9. The zero-order valence-corrected chi connectivity index (χ0v) is 14.9. The Hall–Kier alpha value is -1.75. The Morgan fingerprint density at radius 3 is 2.04 bits per heavy atom. The van der Waals surface area contributed by atoms with Crippen molar-refractivity contribution in [3.8, 4) is 0 Å². The van der Waals surface area contributed by atoms with E-state index < -0.39 is 10.4 Å². The van der Waals surface area contributed by atoms with Crippen molar-refractivity contribution in [1.82, 2.24) is 9.78 Å². The van der Waals surface area contributed by atoms with Gasteiger partial charge in [0.05, 0.1) is 18.6 Å². The molecule has 0 amide bonds. The lowest BCUT2D eigenvalue weighted by Gasteiger charge is -1.88. The first-order valence-electron chi connectivity index (χ1n) is 6.62. The predicted molar refractivity (Wildman–Crippen MR) is 88.3 cm³/mol. The van der Waals surface area contributed by atoms with Crippen molar-refractivity contribution in [3.05, 3.63) is 30.3 Å². The summed E-state index contributed by atoms with van der Waals surface area (Å²) in [5.74, 6) is 0.0125. The lowest BCUT2D eigenvalue weighted by Crippen LogP contribution is -1.89. The van der Waals surface area contributed by atoms with E-state index in [4.69, 9.17) is 28.0 Å².